The Kier molecular flexibility index (Phi) is 6.58. The number of benzene rings is 1. The Bertz CT molecular complexity index is 621. The lowest BCUT2D eigenvalue weighted by Crippen LogP contribution is -2.41. The quantitative estimate of drug-likeness (QED) is 0.728. The molecule has 4 nitrogen and oxygen atoms in total. The molecule has 2 heterocycles. The molecular weight excluding hydrogens is 324 g/mol. The van der Waals surface area contributed by atoms with Crippen molar-refractivity contribution in [1.82, 2.24) is 4.90 Å². The van der Waals surface area contributed by atoms with Crippen LogP contribution in [0.2, 0.25) is 0 Å². The number of likely N-dealkylation sites (tertiary alicyclic amines) is 1. The van der Waals surface area contributed by atoms with Crippen LogP contribution in [0.3, 0.4) is 0 Å². The summed E-state index contributed by atoms with van der Waals surface area (Å²) in [6.45, 7) is 10.9. The summed E-state index contributed by atoms with van der Waals surface area (Å²) in [5.41, 5.74) is 3.25. The van der Waals surface area contributed by atoms with E-state index >= 15 is 0 Å². The molecule has 1 saturated heterocycles. The summed E-state index contributed by atoms with van der Waals surface area (Å²) in [6.07, 6.45) is 7.81. The number of piperidine rings is 1. The first-order valence-electron chi connectivity index (χ1n) is 10.3. The second kappa shape index (κ2) is 8.90. The van der Waals surface area contributed by atoms with Gasteiger partial charge in [0.05, 0.1) is 5.69 Å². The highest BCUT2D eigenvalue weighted by Gasteiger charge is 2.27. The lowest BCUT2D eigenvalue weighted by atomic mass is 9.91. The predicted molar refractivity (Wildman–Crippen MR) is 107 cm³/mol. The third-order valence-corrected chi connectivity index (χ3v) is 5.86. The van der Waals surface area contributed by atoms with E-state index in [1.807, 2.05) is 4.90 Å². The first-order chi connectivity index (χ1) is 12.6. The minimum atomic E-state index is 0.0840. The zero-order valence-electron chi connectivity index (χ0n) is 16.7. The Morgan fingerprint density at radius 1 is 1.12 bits per heavy atom. The number of hydrogen-bond acceptors (Lipinski definition) is 3. The SMILES string of the molecule is CCCCC1CCN(CCCN2C(=O)COc3c(C)cc(C)cc32)CC1. The van der Waals surface area contributed by atoms with Crippen LogP contribution in [0.15, 0.2) is 12.1 Å². The van der Waals surface area contributed by atoms with E-state index in [9.17, 15) is 4.79 Å². The van der Waals surface area contributed by atoms with Gasteiger partial charge in [-0.2, -0.15) is 0 Å². The van der Waals surface area contributed by atoms with Crippen molar-refractivity contribution < 1.29 is 9.53 Å². The van der Waals surface area contributed by atoms with Crippen molar-refractivity contribution in [2.75, 3.05) is 37.7 Å². The zero-order valence-corrected chi connectivity index (χ0v) is 16.7. The van der Waals surface area contributed by atoms with E-state index in [1.54, 1.807) is 0 Å². The van der Waals surface area contributed by atoms with Crippen molar-refractivity contribution in [2.24, 2.45) is 5.92 Å². The Balaban J connectivity index is 1.51. The fourth-order valence-corrected chi connectivity index (χ4v) is 4.36. The second-order valence-electron chi connectivity index (χ2n) is 8.04. The molecule has 0 atom stereocenters. The van der Waals surface area contributed by atoms with Gasteiger partial charge in [-0.25, -0.2) is 0 Å². The molecule has 1 aromatic carbocycles. The number of aryl methyl sites for hydroxylation is 2. The summed E-state index contributed by atoms with van der Waals surface area (Å²) >= 11 is 0. The van der Waals surface area contributed by atoms with E-state index in [0.717, 1.165) is 42.4 Å². The van der Waals surface area contributed by atoms with E-state index in [2.05, 4.69) is 37.8 Å². The molecule has 1 amide bonds. The highest BCUT2D eigenvalue weighted by atomic mass is 16.5. The van der Waals surface area contributed by atoms with Crippen LogP contribution in [0.1, 0.15) is 56.6 Å². The average molecular weight is 359 g/mol. The number of amides is 1. The van der Waals surface area contributed by atoms with E-state index in [-0.39, 0.29) is 12.5 Å². The van der Waals surface area contributed by atoms with Crippen LogP contribution >= 0.6 is 0 Å². The van der Waals surface area contributed by atoms with Gasteiger partial charge in [-0.1, -0.05) is 32.3 Å². The molecule has 0 aliphatic carbocycles. The Morgan fingerprint density at radius 3 is 2.62 bits per heavy atom. The van der Waals surface area contributed by atoms with E-state index in [0.29, 0.717) is 0 Å². The average Bonchev–Trinajstić information content (AvgIpc) is 2.62. The van der Waals surface area contributed by atoms with Crippen LogP contribution in [0, 0.1) is 19.8 Å². The van der Waals surface area contributed by atoms with Crippen LogP contribution in [0.4, 0.5) is 5.69 Å². The Hall–Kier alpha value is -1.55. The van der Waals surface area contributed by atoms with Crippen LogP contribution in [0.5, 0.6) is 5.75 Å². The highest BCUT2D eigenvalue weighted by Crippen LogP contribution is 2.36. The van der Waals surface area contributed by atoms with Gasteiger partial charge in [0.15, 0.2) is 6.61 Å². The molecule has 26 heavy (non-hydrogen) atoms. The summed E-state index contributed by atoms with van der Waals surface area (Å²) in [6, 6.07) is 4.20. The molecule has 3 rings (SSSR count). The first-order valence-corrected chi connectivity index (χ1v) is 10.3. The van der Waals surface area contributed by atoms with Gasteiger partial charge in [-0.05, 0) is 75.9 Å². The molecule has 0 aromatic heterocycles. The molecule has 1 fully saturated rings. The van der Waals surface area contributed by atoms with Crippen LogP contribution in [0.25, 0.3) is 0 Å². The van der Waals surface area contributed by atoms with E-state index in [4.69, 9.17) is 4.74 Å². The molecule has 0 N–H and O–H groups in total. The third kappa shape index (κ3) is 4.59. The number of carbonyl (C=O) groups excluding carboxylic acids is 1. The van der Waals surface area contributed by atoms with Crippen LogP contribution < -0.4 is 9.64 Å². The molecular formula is C22H34N2O2. The number of ether oxygens (including phenoxy) is 1. The van der Waals surface area contributed by atoms with Crippen molar-refractivity contribution in [2.45, 2.75) is 59.3 Å². The summed E-state index contributed by atoms with van der Waals surface area (Å²) < 4.78 is 5.69. The molecule has 144 valence electrons. The standard InChI is InChI=1S/C22H34N2O2/c1-4-5-7-19-8-12-23(13-9-19)10-6-11-24-20-15-17(2)14-18(3)22(20)26-16-21(24)25/h14-15,19H,4-13,16H2,1-3H3. The molecule has 4 heteroatoms. The van der Waals surface area contributed by atoms with Crippen molar-refractivity contribution in [3.63, 3.8) is 0 Å². The number of nitrogens with zero attached hydrogens (tertiary/aromatic N) is 2. The lowest BCUT2D eigenvalue weighted by molar-refractivity contribution is -0.121. The number of hydrogen-bond donors (Lipinski definition) is 0. The fraction of sp³-hybridized carbons (Fsp3) is 0.682. The maximum atomic E-state index is 12.4. The van der Waals surface area contributed by atoms with Gasteiger partial charge >= 0.3 is 0 Å². The van der Waals surface area contributed by atoms with Gasteiger partial charge < -0.3 is 14.5 Å². The topological polar surface area (TPSA) is 32.8 Å². The van der Waals surface area contributed by atoms with Gasteiger partial charge in [0.25, 0.3) is 5.91 Å². The van der Waals surface area contributed by atoms with Crippen molar-refractivity contribution in [3.05, 3.63) is 23.3 Å². The second-order valence-corrected chi connectivity index (χ2v) is 8.04. The first kappa shape index (κ1) is 19.2. The minimum absolute atomic E-state index is 0.0840. The molecule has 0 saturated carbocycles. The van der Waals surface area contributed by atoms with Crippen molar-refractivity contribution >= 4 is 11.6 Å². The number of carbonyl (C=O) groups is 1. The number of unbranched alkanes of at least 4 members (excludes halogenated alkanes) is 1. The van der Waals surface area contributed by atoms with Gasteiger partial charge in [-0.3, -0.25) is 4.79 Å². The predicted octanol–water partition coefficient (Wildman–Crippen LogP) is 4.32. The number of anilines is 1. The maximum absolute atomic E-state index is 12.4. The summed E-state index contributed by atoms with van der Waals surface area (Å²) in [7, 11) is 0. The molecule has 0 radical (unpaired) electrons. The van der Waals surface area contributed by atoms with Gasteiger partial charge in [0.1, 0.15) is 5.75 Å². The summed E-state index contributed by atoms with van der Waals surface area (Å²) in [5, 5.41) is 0. The van der Waals surface area contributed by atoms with Gasteiger partial charge in [0.2, 0.25) is 0 Å². The summed E-state index contributed by atoms with van der Waals surface area (Å²) in [4.78, 5) is 16.9. The minimum Gasteiger partial charge on any atom is -0.481 e. The molecule has 0 spiro atoms. The Morgan fingerprint density at radius 2 is 1.88 bits per heavy atom. The van der Waals surface area contributed by atoms with E-state index < -0.39 is 0 Å². The smallest absolute Gasteiger partial charge is 0.265 e. The molecule has 2 aliphatic rings. The van der Waals surface area contributed by atoms with Gasteiger partial charge in [0, 0.05) is 6.54 Å². The van der Waals surface area contributed by atoms with Crippen molar-refractivity contribution in [1.29, 1.82) is 0 Å². The Labute approximate surface area is 158 Å². The molecule has 2 aliphatic heterocycles. The fourth-order valence-electron chi connectivity index (χ4n) is 4.36. The van der Waals surface area contributed by atoms with Crippen LogP contribution in [-0.2, 0) is 4.79 Å². The molecule has 1 aromatic rings. The zero-order chi connectivity index (χ0) is 18.5. The largest absolute Gasteiger partial charge is 0.481 e. The van der Waals surface area contributed by atoms with Crippen molar-refractivity contribution in [3.8, 4) is 5.75 Å². The maximum Gasteiger partial charge on any atom is 0.265 e. The molecule has 0 bridgehead atoms. The summed E-state index contributed by atoms with van der Waals surface area (Å²) in [5.74, 6) is 1.90. The normalized spacial score (nSPS) is 18.7. The lowest BCUT2D eigenvalue weighted by Gasteiger charge is -2.34. The number of rotatable bonds is 7. The monoisotopic (exact) mass is 358 g/mol. The third-order valence-electron chi connectivity index (χ3n) is 5.86. The van der Waals surface area contributed by atoms with Crippen LogP contribution in [-0.4, -0.2) is 43.6 Å². The highest BCUT2D eigenvalue weighted by molar-refractivity contribution is 5.98. The number of fused-ring (bicyclic) bond motifs is 1. The van der Waals surface area contributed by atoms with Gasteiger partial charge in [-0.15, -0.1) is 0 Å². The van der Waals surface area contributed by atoms with E-state index in [1.165, 1.54) is 50.8 Å². The molecule has 0 unspecified atom stereocenters.